The Kier molecular flexibility index (Phi) is 3.21. The van der Waals surface area contributed by atoms with Crippen LogP contribution >= 0.6 is 0 Å². The van der Waals surface area contributed by atoms with Gasteiger partial charge in [0.05, 0.1) is 4.90 Å². The van der Waals surface area contributed by atoms with Gasteiger partial charge in [0.25, 0.3) is 0 Å². The normalized spacial score (nSPS) is 12.8. The molecule has 0 aliphatic rings. The molecule has 2 N–H and O–H groups in total. The lowest BCUT2D eigenvalue weighted by atomic mass is 9.96. The van der Waals surface area contributed by atoms with Crippen LogP contribution in [0.4, 0.5) is 0 Å². The summed E-state index contributed by atoms with van der Waals surface area (Å²) >= 11 is 0. The molecule has 4 heteroatoms. The Bertz CT molecular complexity index is 444. The van der Waals surface area contributed by atoms with Gasteiger partial charge in [0.15, 0.2) is 9.84 Å². The van der Waals surface area contributed by atoms with Gasteiger partial charge in [0, 0.05) is 11.8 Å². The Morgan fingerprint density at radius 2 is 1.93 bits per heavy atom. The highest BCUT2D eigenvalue weighted by molar-refractivity contribution is 7.90. The van der Waals surface area contributed by atoms with Gasteiger partial charge in [0.1, 0.15) is 0 Å². The standard InChI is InChI=1S/C11H17NO2S/c1-11(2,12)8-9-5-4-6-10(7-9)15(3,13)14/h4-7H,8,12H2,1-3H3. The first-order valence-corrected chi connectivity index (χ1v) is 6.65. The first-order chi connectivity index (χ1) is 6.68. The van der Waals surface area contributed by atoms with Crippen LogP contribution in [0.25, 0.3) is 0 Å². The fourth-order valence-electron chi connectivity index (χ4n) is 1.41. The second-order valence-electron chi connectivity index (χ2n) is 4.58. The van der Waals surface area contributed by atoms with Crippen LogP contribution < -0.4 is 5.73 Å². The molecule has 0 saturated heterocycles. The molecule has 1 aromatic carbocycles. The van der Waals surface area contributed by atoms with Gasteiger partial charge in [-0.25, -0.2) is 8.42 Å². The Balaban J connectivity index is 3.04. The SMILES string of the molecule is CC(C)(N)Cc1cccc(S(C)(=O)=O)c1. The van der Waals surface area contributed by atoms with Gasteiger partial charge in [0.2, 0.25) is 0 Å². The van der Waals surface area contributed by atoms with E-state index in [0.717, 1.165) is 5.56 Å². The summed E-state index contributed by atoms with van der Waals surface area (Å²) in [6, 6.07) is 6.92. The van der Waals surface area contributed by atoms with Crippen LogP contribution in [-0.2, 0) is 16.3 Å². The van der Waals surface area contributed by atoms with Crippen molar-refractivity contribution in [1.29, 1.82) is 0 Å². The quantitative estimate of drug-likeness (QED) is 0.848. The Morgan fingerprint density at radius 3 is 2.40 bits per heavy atom. The van der Waals surface area contributed by atoms with Crippen molar-refractivity contribution in [3.63, 3.8) is 0 Å². The molecule has 0 atom stereocenters. The summed E-state index contributed by atoms with van der Waals surface area (Å²) in [7, 11) is -3.12. The monoisotopic (exact) mass is 227 g/mol. The second-order valence-corrected chi connectivity index (χ2v) is 6.60. The Labute approximate surface area is 91.2 Å². The van der Waals surface area contributed by atoms with Crippen molar-refractivity contribution in [2.45, 2.75) is 30.7 Å². The maximum Gasteiger partial charge on any atom is 0.175 e. The summed E-state index contributed by atoms with van der Waals surface area (Å²) in [5.74, 6) is 0. The van der Waals surface area contributed by atoms with E-state index in [4.69, 9.17) is 5.73 Å². The number of nitrogens with two attached hydrogens (primary N) is 1. The van der Waals surface area contributed by atoms with Crippen LogP contribution in [0.15, 0.2) is 29.2 Å². The molecule has 0 amide bonds. The van der Waals surface area contributed by atoms with Crippen molar-refractivity contribution >= 4 is 9.84 Å². The summed E-state index contributed by atoms with van der Waals surface area (Å²) < 4.78 is 22.6. The summed E-state index contributed by atoms with van der Waals surface area (Å²) in [6.45, 7) is 3.83. The van der Waals surface area contributed by atoms with Crippen molar-refractivity contribution in [1.82, 2.24) is 0 Å². The van der Waals surface area contributed by atoms with Crippen molar-refractivity contribution in [2.75, 3.05) is 6.26 Å². The van der Waals surface area contributed by atoms with Crippen molar-refractivity contribution < 1.29 is 8.42 Å². The lowest BCUT2D eigenvalue weighted by Crippen LogP contribution is -2.34. The number of benzene rings is 1. The van der Waals surface area contributed by atoms with Crippen LogP contribution in [-0.4, -0.2) is 20.2 Å². The summed E-state index contributed by atoms with van der Waals surface area (Å²) in [5, 5.41) is 0. The first kappa shape index (κ1) is 12.2. The molecular weight excluding hydrogens is 210 g/mol. The molecule has 1 rings (SSSR count). The van der Waals surface area contributed by atoms with E-state index >= 15 is 0 Å². The maximum atomic E-state index is 11.3. The topological polar surface area (TPSA) is 60.2 Å². The van der Waals surface area contributed by atoms with Crippen LogP contribution in [0.2, 0.25) is 0 Å². The fourth-order valence-corrected chi connectivity index (χ4v) is 2.10. The van der Waals surface area contributed by atoms with E-state index < -0.39 is 9.84 Å². The molecule has 0 heterocycles. The lowest BCUT2D eigenvalue weighted by Gasteiger charge is -2.18. The zero-order chi connectivity index (χ0) is 11.7. The molecule has 0 aromatic heterocycles. The van der Waals surface area contributed by atoms with E-state index in [-0.39, 0.29) is 5.54 Å². The molecule has 0 unspecified atom stereocenters. The fraction of sp³-hybridized carbons (Fsp3) is 0.455. The van der Waals surface area contributed by atoms with Crippen LogP contribution in [0, 0.1) is 0 Å². The molecule has 0 aliphatic heterocycles. The van der Waals surface area contributed by atoms with Crippen LogP contribution in [0.3, 0.4) is 0 Å². The zero-order valence-corrected chi connectivity index (χ0v) is 10.1. The highest BCUT2D eigenvalue weighted by Crippen LogP contribution is 2.15. The molecule has 0 radical (unpaired) electrons. The molecule has 0 aliphatic carbocycles. The molecule has 0 spiro atoms. The van der Waals surface area contributed by atoms with Crippen molar-refractivity contribution in [3.05, 3.63) is 29.8 Å². The lowest BCUT2D eigenvalue weighted by molar-refractivity contribution is 0.516. The molecule has 15 heavy (non-hydrogen) atoms. The number of sulfone groups is 1. The third-order valence-corrected chi connectivity index (χ3v) is 3.10. The molecule has 0 fully saturated rings. The van der Waals surface area contributed by atoms with Crippen LogP contribution in [0.5, 0.6) is 0 Å². The minimum absolute atomic E-state index is 0.323. The molecular formula is C11H17NO2S. The average molecular weight is 227 g/mol. The van der Waals surface area contributed by atoms with Gasteiger partial charge < -0.3 is 5.73 Å². The molecule has 3 nitrogen and oxygen atoms in total. The van der Waals surface area contributed by atoms with Gasteiger partial charge in [-0.2, -0.15) is 0 Å². The van der Waals surface area contributed by atoms with Gasteiger partial charge in [-0.15, -0.1) is 0 Å². The minimum atomic E-state index is -3.12. The minimum Gasteiger partial charge on any atom is -0.325 e. The van der Waals surface area contributed by atoms with Crippen molar-refractivity contribution in [2.24, 2.45) is 5.73 Å². The maximum absolute atomic E-state index is 11.3. The first-order valence-electron chi connectivity index (χ1n) is 4.76. The number of hydrogen-bond acceptors (Lipinski definition) is 3. The molecule has 84 valence electrons. The predicted octanol–water partition coefficient (Wildman–Crippen LogP) is 1.37. The van der Waals surface area contributed by atoms with Gasteiger partial charge in [-0.1, -0.05) is 12.1 Å². The van der Waals surface area contributed by atoms with E-state index in [2.05, 4.69) is 0 Å². The average Bonchev–Trinajstić information content (AvgIpc) is 1.99. The highest BCUT2D eigenvalue weighted by Gasteiger charge is 2.13. The second kappa shape index (κ2) is 3.94. The van der Waals surface area contributed by atoms with E-state index in [9.17, 15) is 8.42 Å². The van der Waals surface area contributed by atoms with E-state index in [1.54, 1.807) is 18.2 Å². The molecule has 0 bridgehead atoms. The van der Waals surface area contributed by atoms with E-state index in [0.29, 0.717) is 11.3 Å². The smallest absolute Gasteiger partial charge is 0.175 e. The molecule has 0 saturated carbocycles. The van der Waals surface area contributed by atoms with E-state index in [1.165, 1.54) is 6.26 Å². The third-order valence-electron chi connectivity index (χ3n) is 1.99. The summed E-state index contributed by atoms with van der Waals surface area (Å²) in [5.41, 5.74) is 6.50. The third kappa shape index (κ3) is 4.01. The highest BCUT2D eigenvalue weighted by atomic mass is 32.2. The van der Waals surface area contributed by atoms with Gasteiger partial charge in [-0.3, -0.25) is 0 Å². The van der Waals surface area contributed by atoms with Gasteiger partial charge >= 0.3 is 0 Å². The molecule has 1 aromatic rings. The summed E-state index contributed by atoms with van der Waals surface area (Å²) in [4.78, 5) is 0.351. The van der Waals surface area contributed by atoms with E-state index in [1.807, 2.05) is 19.9 Å². The largest absolute Gasteiger partial charge is 0.325 e. The van der Waals surface area contributed by atoms with Crippen molar-refractivity contribution in [3.8, 4) is 0 Å². The Morgan fingerprint density at radius 1 is 1.33 bits per heavy atom. The zero-order valence-electron chi connectivity index (χ0n) is 9.32. The van der Waals surface area contributed by atoms with Gasteiger partial charge in [-0.05, 0) is 38.0 Å². The predicted molar refractivity (Wildman–Crippen MR) is 61.5 cm³/mol. The van der Waals surface area contributed by atoms with Crippen LogP contribution in [0.1, 0.15) is 19.4 Å². The summed E-state index contributed by atoms with van der Waals surface area (Å²) in [6.07, 6.45) is 1.87. The number of rotatable bonds is 3. The number of hydrogen-bond donors (Lipinski definition) is 1. The Hall–Kier alpha value is -0.870.